The number of aryl methyl sites for hydroxylation is 1. The molecule has 0 radical (unpaired) electrons. The van der Waals surface area contributed by atoms with Crippen LogP contribution in [0.3, 0.4) is 0 Å². The van der Waals surface area contributed by atoms with Crippen molar-refractivity contribution in [2.45, 2.75) is 39.2 Å². The van der Waals surface area contributed by atoms with Crippen molar-refractivity contribution in [2.24, 2.45) is 0 Å². The summed E-state index contributed by atoms with van der Waals surface area (Å²) in [7, 11) is 0. The summed E-state index contributed by atoms with van der Waals surface area (Å²) in [4.78, 5) is 15.4. The molecule has 0 unspecified atom stereocenters. The van der Waals surface area contributed by atoms with Crippen LogP contribution in [0.4, 0.5) is 0 Å². The van der Waals surface area contributed by atoms with Gasteiger partial charge in [0.1, 0.15) is 4.88 Å². The minimum absolute atomic E-state index is 0. The van der Waals surface area contributed by atoms with Crippen LogP contribution in [0.25, 0.3) is 0 Å². The van der Waals surface area contributed by atoms with Gasteiger partial charge in [0.2, 0.25) is 0 Å². The molecule has 0 aliphatic carbocycles. The van der Waals surface area contributed by atoms with Crippen LogP contribution in [0.2, 0.25) is 5.02 Å². The molecule has 114 valence electrons. The van der Waals surface area contributed by atoms with Crippen molar-refractivity contribution < 1.29 is 4.79 Å². The molecule has 0 spiro atoms. The van der Waals surface area contributed by atoms with E-state index in [2.05, 4.69) is 12.2 Å². The molecule has 1 aromatic rings. The molecule has 0 aromatic carbocycles. The van der Waals surface area contributed by atoms with Crippen LogP contribution in [-0.2, 0) is 0 Å². The number of nitrogens with one attached hydrogen (secondary N) is 1. The Morgan fingerprint density at radius 1 is 1.50 bits per heavy atom. The van der Waals surface area contributed by atoms with Crippen molar-refractivity contribution in [1.82, 2.24) is 10.2 Å². The number of halogens is 2. The third-order valence-electron chi connectivity index (χ3n) is 3.57. The Hall–Kier alpha value is -0.290. The van der Waals surface area contributed by atoms with E-state index in [1.165, 1.54) is 11.3 Å². The van der Waals surface area contributed by atoms with Crippen LogP contribution in [0, 0.1) is 6.92 Å². The van der Waals surface area contributed by atoms with Crippen LogP contribution < -0.4 is 5.32 Å². The molecule has 1 saturated heterocycles. The number of rotatable bonds is 4. The highest BCUT2D eigenvalue weighted by Gasteiger charge is 2.27. The molecule has 2 heterocycles. The number of amides is 1. The SMILES string of the molecule is CCCN(C(=O)c1scc(C)c1Cl)C1CCNCC1.Cl. The first-order chi connectivity index (χ1) is 9.15. The monoisotopic (exact) mass is 336 g/mol. The maximum atomic E-state index is 12.7. The van der Waals surface area contributed by atoms with Crippen LogP contribution in [-0.4, -0.2) is 36.5 Å². The van der Waals surface area contributed by atoms with Crippen molar-refractivity contribution >= 4 is 41.3 Å². The van der Waals surface area contributed by atoms with Gasteiger partial charge in [-0.05, 0) is 50.2 Å². The van der Waals surface area contributed by atoms with E-state index in [4.69, 9.17) is 11.6 Å². The molecular weight excluding hydrogens is 315 g/mol. The summed E-state index contributed by atoms with van der Waals surface area (Å²) in [5.74, 6) is 0.108. The van der Waals surface area contributed by atoms with Crippen molar-refractivity contribution in [1.29, 1.82) is 0 Å². The molecule has 2 rings (SSSR count). The molecule has 0 bridgehead atoms. The number of nitrogens with zero attached hydrogens (tertiary/aromatic N) is 1. The van der Waals surface area contributed by atoms with Crippen molar-refractivity contribution in [3.63, 3.8) is 0 Å². The van der Waals surface area contributed by atoms with E-state index in [1.54, 1.807) is 0 Å². The van der Waals surface area contributed by atoms with Gasteiger partial charge in [0.05, 0.1) is 5.02 Å². The van der Waals surface area contributed by atoms with Gasteiger partial charge in [0.15, 0.2) is 0 Å². The standard InChI is InChI=1S/C14H21ClN2OS.ClH/c1-3-8-17(11-4-6-16-7-5-11)14(18)13-12(15)10(2)9-19-13;/h9,11,16H,3-8H2,1-2H3;1H. The Bertz CT molecular complexity index is 444. The van der Waals surface area contributed by atoms with Crippen LogP contribution in [0.5, 0.6) is 0 Å². The quantitative estimate of drug-likeness (QED) is 0.908. The average molecular weight is 337 g/mol. The molecule has 20 heavy (non-hydrogen) atoms. The van der Waals surface area contributed by atoms with Gasteiger partial charge in [-0.2, -0.15) is 0 Å². The molecule has 1 N–H and O–H groups in total. The van der Waals surface area contributed by atoms with Gasteiger partial charge in [-0.15, -0.1) is 23.7 Å². The maximum absolute atomic E-state index is 12.7. The van der Waals surface area contributed by atoms with Gasteiger partial charge in [0.25, 0.3) is 5.91 Å². The summed E-state index contributed by atoms with van der Waals surface area (Å²) in [6.45, 7) is 6.87. The van der Waals surface area contributed by atoms with Gasteiger partial charge < -0.3 is 10.2 Å². The van der Waals surface area contributed by atoms with E-state index in [0.717, 1.165) is 44.5 Å². The highest BCUT2D eigenvalue weighted by molar-refractivity contribution is 7.13. The Labute approximate surface area is 136 Å². The number of thiophene rings is 1. The second-order valence-electron chi connectivity index (χ2n) is 5.04. The predicted molar refractivity (Wildman–Crippen MR) is 88.5 cm³/mol. The first kappa shape index (κ1) is 17.8. The fourth-order valence-electron chi connectivity index (χ4n) is 2.51. The molecule has 0 saturated carbocycles. The smallest absolute Gasteiger partial charge is 0.265 e. The van der Waals surface area contributed by atoms with Crippen molar-refractivity contribution in [3.8, 4) is 0 Å². The predicted octanol–water partition coefficient (Wildman–Crippen LogP) is 3.74. The first-order valence-corrected chi connectivity index (χ1v) is 8.16. The minimum atomic E-state index is 0. The third-order valence-corrected chi connectivity index (χ3v) is 5.25. The van der Waals surface area contributed by atoms with Crippen molar-refractivity contribution in [3.05, 3.63) is 20.8 Å². The van der Waals surface area contributed by atoms with E-state index in [-0.39, 0.29) is 18.3 Å². The number of hydrogen-bond acceptors (Lipinski definition) is 3. The van der Waals surface area contributed by atoms with Gasteiger partial charge in [-0.3, -0.25) is 4.79 Å². The molecule has 3 nitrogen and oxygen atoms in total. The summed E-state index contributed by atoms with van der Waals surface area (Å²) in [6.07, 6.45) is 3.05. The highest BCUT2D eigenvalue weighted by Crippen LogP contribution is 2.29. The van der Waals surface area contributed by atoms with Gasteiger partial charge in [-0.25, -0.2) is 0 Å². The Kier molecular flexibility index (Phi) is 7.30. The zero-order chi connectivity index (χ0) is 13.8. The number of hydrogen-bond donors (Lipinski definition) is 1. The third kappa shape index (κ3) is 3.88. The molecule has 1 aliphatic rings. The van der Waals surface area contributed by atoms with Crippen LogP contribution in [0.15, 0.2) is 5.38 Å². The first-order valence-electron chi connectivity index (χ1n) is 6.90. The normalized spacial score (nSPS) is 15.8. The summed E-state index contributed by atoms with van der Waals surface area (Å²) in [5, 5.41) is 5.93. The zero-order valence-corrected chi connectivity index (χ0v) is 14.3. The van der Waals surface area contributed by atoms with E-state index in [1.807, 2.05) is 17.2 Å². The Morgan fingerprint density at radius 3 is 2.65 bits per heavy atom. The lowest BCUT2D eigenvalue weighted by Crippen LogP contribution is -2.46. The van der Waals surface area contributed by atoms with E-state index >= 15 is 0 Å². The van der Waals surface area contributed by atoms with Gasteiger partial charge in [0, 0.05) is 12.6 Å². The maximum Gasteiger partial charge on any atom is 0.265 e. The van der Waals surface area contributed by atoms with Crippen LogP contribution in [0.1, 0.15) is 41.4 Å². The Morgan fingerprint density at radius 2 is 2.15 bits per heavy atom. The van der Waals surface area contributed by atoms with Crippen LogP contribution >= 0.6 is 35.3 Å². The lowest BCUT2D eigenvalue weighted by atomic mass is 10.0. The number of carbonyl (C=O) groups excluding carboxylic acids is 1. The summed E-state index contributed by atoms with van der Waals surface area (Å²) < 4.78 is 0. The molecule has 1 fully saturated rings. The topological polar surface area (TPSA) is 32.3 Å². The van der Waals surface area contributed by atoms with E-state index in [0.29, 0.717) is 15.9 Å². The second kappa shape index (κ2) is 8.23. The van der Waals surface area contributed by atoms with Gasteiger partial charge >= 0.3 is 0 Å². The molecule has 0 atom stereocenters. The van der Waals surface area contributed by atoms with Crippen molar-refractivity contribution in [2.75, 3.05) is 19.6 Å². The zero-order valence-electron chi connectivity index (χ0n) is 11.9. The number of carbonyl (C=O) groups is 1. The minimum Gasteiger partial charge on any atom is -0.335 e. The second-order valence-corrected chi connectivity index (χ2v) is 6.30. The summed E-state index contributed by atoms with van der Waals surface area (Å²) >= 11 is 7.70. The van der Waals surface area contributed by atoms with Gasteiger partial charge in [-0.1, -0.05) is 18.5 Å². The summed E-state index contributed by atoms with van der Waals surface area (Å²) in [6, 6.07) is 0.354. The fraction of sp³-hybridized carbons (Fsp3) is 0.643. The lowest BCUT2D eigenvalue weighted by Gasteiger charge is -2.34. The summed E-state index contributed by atoms with van der Waals surface area (Å²) in [5.41, 5.74) is 0.997. The largest absolute Gasteiger partial charge is 0.335 e. The molecule has 1 aliphatic heterocycles. The molecular formula is C14H22Cl2N2OS. The van der Waals surface area contributed by atoms with E-state index < -0.39 is 0 Å². The molecule has 1 aromatic heterocycles. The number of piperidine rings is 1. The molecule has 6 heteroatoms. The average Bonchev–Trinajstić information content (AvgIpc) is 2.77. The highest BCUT2D eigenvalue weighted by atomic mass is 35.5. The molecule has 1 amide bonds. The fourth-order valence-corrected chi connectivity index (χ4v) is 3.74. The van der Waals surface area contributed by atoms with E-state index in [9.17, 15) is 4.79 Å². The Balaban J connectivity index is 0.00000200. The lowest BCUT2D eigenvalue weighted by molar-refractivity contribution is 0.0648.